The van der Waals surface area contributed by atoms with E-state index in [-0.39, 0.29) is 11.9 Å². The van der Waals surface area contributed by atoms with Crippen molar-refractivity contribution in [3.8, 4) is 0 Å². The van der Waals surface area contributed by atoms with Crippen LogP contribution in [0.5, 0.6) is 0 Å². The topological polar surface area (TPSA) is 90.8 Å². The minimum Gasteiger partial charge on any atom is -0.363 e. The lowest BCUT2D eigenvalue weighted by Gasteiger charge is -2.04. The van der Waals surface area contributed by atoms with Crippen LogP contribution in [0.2, 0.25) is 0 Å². The van der Waals surface area contributed by atoms with Gasteiger partial charge >= 0.3 is 0 Å². The van der Waals surface area contributed by atoms with Crippen LogP contribution in [0.1, 0.15) is 32.0 Å². The summed E-state index contributed by atoms with van der Waals surface area (Å²) in [6, 6.07) is 1.87. The van der Waals surface area contributed by atoms with Crippen molar-refractivity contribution in [1.82, 2.24) is 24.7 Å². The van der Waals surface area contributed by atoms with Crippen molar-refractivity contribution in [3.63, 3.8) is 0 Å². The van der Waals surface area contributed by atoms with Crippen LogP contribution in [0.3, 0.4) is 0 Å². The van der Waals surface area contributed by atoms with Gasteiger partial charge in [-0.05, 0) is 20.8 Å². The molecule has 0 aromatic carbocycles. The van der Waals surface area contributed by atoms with Gasteiger partial charge in [0.25, 0.3) is 0 Å². The molecule has 3 aromatic rings. The predicted octanol–water partition coefficient (Wildman–Crippen LogP) is 2.14. The maximum atomic E-state index is 11.9. The van der Waals surface area contributed by atoms with E-state index in [1.165, 1.54) is 6.26 Å². The highest BCUT2D eigenvalue weighted by Gasteiger charge is 2.15. The number of rotatable bonds is 5. The number of carbonyl (C=O) groups is 1. The van der Waals surface area contributed by atoms with Gasteiger partial charge in [0.15, 0.2) is 5.82 Å². The number of nitrogens with zero attached hydrogens (tertiary/aromatic N) is 5. The number of fused-ring (bicyclic) bond motifs is 1. The van der Waals surface area contributed by atoms with Crippen molar-refractivity contribution in [2.45, 2.75) is 39.8 Å². The average molecular weight is 302 g/mol. The lowest BCUT2D eigenvalue weighted by molar-refractivity contribution is -0.116. The van der Waals surface area contributed by atoms with Crippen LogP contribution in [0.25, 0.3) is 11.0 Å². The molecule has 0 radical (unpaired) electrons. The zero-order valence-corrected chi connectivity index (χ0v) is 12.8. The molecule has 0 saturated carbocycles. The van der Waals surface area contributed by atoms with Gasteiger partial charge in [-0.15, -0.1) is 0 Å². The average Bonchev–Trinajstić information content (AvgIpc) is 3.15. The lowest BCUT2D eigenvalue weighted by atomic mass is 10.3. The fourth-order valence-electron chi connectivity index (χ4n) is 2.43. The number of aryl methyl sites for hydroxylation is 2. The molecule has 0 spiro atoms. The Labute approximate surface area is 127 Å². The third-order valence-electron chi connectivity index (χ3n) is 3.41. The van der Waals surface area contributed by atoms with E-state index in [4.69, 9.17) is 0 Å². The molecular formula is C14H18N6O2. The van der Waals surface area contributed by atoms with Gasteiger partial charge in [-0.2, -0.15) is 10.2 Å². The molecule has 1 N–H and O–H groups in total. The Morgan fingerprint density at radius 3 is 2.95 bits per heavy atom. The van der Waals surface area contributed by atoms with Crippen LogP contribution in [0.4, 0.5) is 5.82 Å². The van der Waals surface area contributed by atoms with Crippen molar-refractivity contribution in [3.05, 3.63) is 24.2 Å². The van der Waals surface area contributed by atoms with Crippen molar-refractivity contribution in [2.24, 2.45) is 0 Å². The smallest absolute Gasteiger partial charge is 0.227 e. The minimum absolute atomic E-state index is 0.133. The van der Waals surface area contributed by atoms with E-state index in [9.17, 15) is 4.79 Å². The molecule has 1 amide bonds. The molecule has 0 bridgehead atoms. The van der Waals surface area contributed by atoms with Crippen molar-refractivity contribution < 1.29 is 9.32 Å². The molecule has 0 aliphatic carbocycles. The van der Waals surface area contributed by atoms with Crippen LogP contribution >= 0.6 is 0 Å². The molecule has 8 nitrogen and oxygen atoms in total. The zero-order valence-electron chi connectivity index (χ0n) is 12.8. The fraction of sp³-hybridized carbons (Fsp3) is 0.429. The third kappa shape index (κ3) is 2.59. The van der Waals surface area contributed by atoms with E-state index in [0.717, 1.165) is 16.7 Å². The Bertz CT molecular complexity index is 784. The van der Waals surface area contributed by atoms with Gasteiger partial charge in [0, 0.05) is 18.5 Å². The number of anilines is 1. The Balaban J connectivity index is 1.73. The first-order valence-electron chi connectivity index (χ1n) is 7.17. The molecule has 0 atom stereocenters. The molecule has 8 heteroatoms. The summed E-state index contributed by atoms with van der Waals surface area (Å²) in [5.41, 5.74) is 2.88. The van der Waals surface area contributed by atoms with Gasteiger partial charge in [-0.25, -0.2) is 0 Å². The van der Waals surface area contributed by atoms with Crippen LogP contribution in [0.15, 0.2) is 23.0 Å². The number of carbonyl (C=O) groups excluding carboxylic acids is 1. The van der Waals surface area contributed by atoms with Crippen molar-refractivity contribution in [2.75, 3.05) is 5.32 Å². The van der Waals surface area contributed by atoms with Crippen LogP contribution in [-0.4, -0.2) is 30.6 Å². The fourth-order valence-corrected chi connectivity index (χ4v) is 2.43. The third-order valence-corrected chi connectivity index (χ3v) is 3.41. The van der Waals surface area contributed by atoms with Crippen molar-refractivity contribution in [1.29, 1.82) is 0 Å². The summed E-state index contributed by atoms with van der Waals surface area (Å²) >= 11 is 0. The summed E-state index contributed by atoms with van der Waals surface area (Å²) in [7, 11) is 0. The summed E-state index contributed by atoms with van der Waals surface area (Å²) in [4.78, 5) is 11.9. The zero-order chi connectivity index (χ0) is 15.7. The normalized spacial score (nSPS) is 11.5. The van der Waals surface area contributed by atoms with Gasteiger partial charge in [0.2, 0.25) is 5.91 Å². The second-order valence-electron chi connectivity index (χ2n) is 5.41. The number of nitrogens with one attached hydrogen (secondary N) is 1. The number of amides is 1. The Morgan fingerprint density at radius 2 is 2.27 bits per heavy atom. The molecule has 0 unspecified atom stereocenters. The predicted molar refractivity (Wildman–Crippen MR) is 80.4 cm³/mol. The Kier molecular flexibility index (Phi) is 3.66. The summed E-state index contributed by atoms with van der Waals surface area (Å²) < 4.78 is 8.44. The first-order valence-corrected chi connectivity index (χ1v) is 7.17. The SMILES string of the molecule is Cc1nn(C(C)C)c2cnn(CCC(=O)Nc3ccon3)c12. The van der Waals surface area contributed by atoms with Gasteiger partial charge in [-0.3, -0.25) is 14.2 Å². The second-order valence-corrected chi connectivity index (χ2v) is 5.41. The van der Waals surface area contributed by atoms with Crippen LogP contribution < -0.4 is 5.32 Å². The molecule has 0 fully saturated rings. The van der Waals surface area contributed by atoms with Crippen molar-refractivity contribution >= 4 is 22.8 Å². The van der Waals surface area contributed by atoms with Crippen LogP contribution in [0, 0.1) is 6.92 Å². The van der Waals surface area contributed by atoms with E-state index < -0.39 is 0 Å². The minimum atomic E-state index is -0.133. The highest BCUT2D eigenvalue weighted by molar-refractivity contribution is 5.89. The van der Waals surface area contributed by atoms with E-state index in [2.05, 4.69) is 39.0 Å². The highest BCUT2D eigenvalue weighted by Crippen LogP contribution is 2.21. The monoisotopic (exact) mass is 302 g/mol. The van der Waals surface area contributed by atoms with Gasteiger partial charge in [0.05, 0.1) is 18.4 Å². The molecule has 22 heavy (non-hydrogen) atoms. The highest BCUT2D eigenvalue weighted by atomic mass is 16.5. The molecule has 116 valence electrons. The van der Waals surface area contributed by atoms with E-state index in [0.29, 0.717) is 18.8 Å². The summed E-state index contributed by atoms with van der Waals surface area (Å²) in [5, 5.41) is 15.2. The first kappa shape index (κ1) is 14.3. The largest absolute Gasteiger partial charge is 0.363 e. The summed E-state index contributed by atoms with van der Waals surface area (Å²) in [6.45, 7) is 6.59. The molecule has 3 aromatic heterocycles. The number of hydrogen-bond donors (Lipinski definition) is 1. The maximum absolute atomic E-state index is 11.9. The molecule has 0 saturated heterocycles. The van der Waals surface area contributed by atoms with E-state index in [1.54, 1.807) is 12.3 Å². The molecule has 0 aliphatic rings. The Hall–Kier alpha value is -2.64. The van der Waals surface area contributed by atoms with Gasteiger partial charge < -0.3 is 9.84 Å². The molecule has 3 heterocycles. The quantitative estimate of drug-likeness (QED) is 0.779. The van der Waals surface area contributed by atoms with Gasteiger partial charge in [-0.1, -0.05) is 5.16 Å². The summed E-state index contributed by atoms with van der Waals surface area (Å²) in [6.07, 6.45) is 3.51. The number of aromatic nitrogens is 5. The van der Waals surface area contributed by atoms with Crippen LogP contribution in [-0.2, 0) is 11.3 Å². The Morgan fingerprint density at radius 1 is 1.45 bits per heavy atom. The van der Waals surface area contributed by atoms with Gasteiger partial charge in [0.1, 0.15) is 17.3 Å². The lowest BCUT2D eigenvalue weighted by Crippen LogP contribution is -2.15. The standard InChI is InChI=1S/C14H18N6O2/c1-9(2)20-11-8-15-19(14(11)10(3)17-20)6-4-13(21)16-12-5-7-22-18-12/h5,7-9H,4,6H2,1-3H3,(H,16,18,21). The first-order chi connectivity index (χ1) is 10.6. The number of hydrogen-bond acceptors (Lipinski definition) is 5. The molecule has 3 rings (SSSR count). The van der Waals surface area contributed by atoms with E-state index in [1.807, 2.05) is 16.3 Å². The van der Waals surface area contributed by atoms with E-state index >= 15 is 0 Å². The molecule has 0 aliphatic heterocycles. The molecular weight excluding hydrogens is 284 g/mol. The maximum Gasteiger partial charge on any atom is 0.227 e. The second kappa shape index (κ2) is 5.63. The summed E-state index contributed by atoms with van der Waals surface area (Å²) in [5.74, 6) is 0.283.